The van der Waals surface area contributed by atoms with Crippen LogP contribution in [-0.4, -0.2) is 27.2 Å². The molecule has 0 saturated heterocycles. The van der Waals surface area contributed by atoms with E-state index in [4.69, 9.17) is 0 Å². The van der Waals surface area contributed by atoms with Crippen molar-refractivity contribution in [1.82, 2.24) is 15.3 Å². The van der Waals surface area contributed by atoms with Gasteiger partial charge in [0, 0.05) is 25.0 Å². The third-order valence-corrected chi connectivity index (χ3v) is 2.64. The van der Waals surface area contributed by atoms with Crippen molar-refractivity contribution in [1.29, 1.82) is 0 Å². The number of hydrogen-bond acceptors (Lipinski definition) is 3. The molecule has 4 heteroatoms. The van der Waals surface area contributed by atoms with Gasteiger partial charge in [0.05, 0.1) is 11.9 Å². The molecule has 0 bridgehead atoms. The van der Waals surface area contributed by atoms with E-state index in [0.29, 0.717) is 12.5 Å². The van der Waals surface area contributed by atoms with Crippen LogP contribution in [0, 0.1) is 5.92 Å². The molecule has 0 fully saturated rings. The van der Waals surface area contributed by atoms with Crippen molar-refractivity contribution >= 4 is 0 Å². The number of imidazole rings is 1. The molecule has 1 aromatic heterocycles. The lowest BCUT2D eigenvalue weighted by molar-refractivity contribution is 0.0450. The molecule has 0 amide bonds. The predicted octanol–water partition coefficient (Wildman–Crippen LogP) is 1.69. The second kappa shape index (κ2) is 6.01. The maximum Gasteiger partial charge on any atom is 0.0922 e. The van der Waals surface area contributed by atoms with E-state index in [1.807, 2.05) is 6.92 Å². The van der Waals surface area contributed by atoms with E-state index in [2.05, 4.69) is 29.1 Å². The van der Waals surface area contributed by atoms with Crippen molar-refractivity contribution < 1.29 is 5.11 Å². The molecule has 16 heavy (non-hydrogen) atoms. The smallest absolute Gasteiger partial charge is 0.0922 e. The third-order valence-electron chi connectivity index (χ3n) is 2.64. The molecule has 4 nitrogen and oxygen atoms in total. The quantitative estimate of drug-likeness (QED) is 0.661. The Balaban J connectivity index is 2.20. The second-order valence-corrected chi connectivity index (χ2v) is 5.11. The standard InChI is InChI=1S/C12H23N3O/c1-10(2)4-5-12(3,16)8-13-6-11-7-14-9-15-11/h7,9-10,13,16H,4-6,8H2,1-3H3,(H,14,15). The van der Waals surface area contributed by atoms with Crippen molar-refractivity contribution in [3.8, 4) is 0 Å². The average Bonchev–Trinajstić information content (AvgIpc) is 2.68. The lowest BCUT2D eigenvalue weighted by Crippen LogP contribution is -2.37. The lowest BCUT2D eigenvalue weighted by atomic mass is 9.95. The van der Waals surface area contributed by atoms with Crippen LogP contribution in [0.4, 0.5) is 0 Å². The zero-order valence-electron chi connectivity index (χ0n) is 10.5. The first-order valence-electron chi connectivity index (χ1n) is 5.90. The van der Waals surface area contributed by atoms with Gasteiger partial charge >= 0.3 is 0 Å². The number of aromatic nitrogens is 2. The highest BCUT2D eigenvalue weighted by molar-refractivity contribution is 4.93. The molecule has 0 saturated carbocycles. The van der Waals surface area contributed by atoms with Crippen molar-refractivity contribution in [2.45, 2.75) is 45.8 Å². The first-order chi connectivity index (χ1) is 7.49. The molecule has 0 aliphatic heterocycles. The number of aliphatic hydroxyl groups is 1. The monoisotopic (exact) mass is 225 g/mol. The summed E-state index contributed by atoms with van der Waals surface area (Å²) in [4.78, 5) is 6.96. The molecule has 1 heterocycles. The number of aromatic amines is 1. The molecule has 92 valence electrons. The minimum absolute atomic E-state index is 0.610. The van der Waals surface area contributed by atoms with Crippen LogP contribution in [0.2, 0.25) is 0 Å². The van der Waals surface area contributed by atoms with Gasteiger partial charge < -0.3 is 15.4 Å². The van der Waals surface area contributed by atoms with Crippen LogP contribution in [0.15, 0.2) is 12.5 Å². The molecule has 0 aliphatic rings. The summed E-state index contributed by atoms with van der Waals surface area (Å²) in [5.41, 5.74) is 0.421. The summed E-state index contributed by atoms with van der Waals surface area (Å²) in [5.74, 6) is 0.638. The summed E-state index contributed by atoms with van der Waals surface area (Å²) in [6.07, 6.45) is 5.34. The highest BCUT2D eigenvalue weighted by atomic mass is 16.3. The normalized spacial score (nSPS) is 15.3. The van der Waals surface area contributed by atoms with Crippen LogP contribution >= 0.6 is 0 Å². The zero-order valence-corrected chi connectivity index (χ0v) is 10.5. The summed E-state index contributed by atoms with van der Waals surface area (Å²) in [6, 6.07) is 0. The van der Waals surface area contributed by atoms with E-state index < -0.39 is 5.60 Å². The SMILES string of the molecule is CC(C)CCC(C)(O)CNCc1cnc[nH]1. The van der Waals surface area contributed by atoms with Gasteiger partial charge in [0.1, 0.15) is 0 Å². The van der Waals surface area contributed by atoms with Gasteiger partial charge in [0.2, 0.25) is 0 Å². The van der Waals surface area contributed by atoms with E-state index in [9.17, 15) is 5.11 Å². The summed E-state index contributed by atoms with van der Waals surface area (Å²) in [6.45, 7) is 7.56. The van der Waals surface area contributed by atoms with Gasteiger partial charge in [-0.2, -0.15) is 0 Å². The fourth-order valence-electron chi connectivity index (χ4n) is 1.54. The molecule has 1 aromatic rings. The van der Waals surface area contributed by atoms with Gasteiger partial charge in [-0.15, -0.1) is 0 Å². The number of rotatable bonds is 7. The van der Waals surface area contributed by atoms with Crippen LogP contribution in [0.25, 0.3) is 0 Å². The molecular weight excluding hydrogens is 202 g/mol. The number of hydrogen-bond donors (Lipinski definition) is 3. The van der Waals surface area contributed by atoms with Crippen LogP contribution in [0.3, 0.4) is 0 Å². The summed E-state index contributed by atoms with van der Waals surface area (Å²) < 4.78 is 0. The van der Waals surface area contributed by atoms with Crippen molar-refractivity contribution in [3.63, 3.8) is 0 Å². The number of nitrogens with one attached hydrogen (secondary N) is 2. The van der Waals surface area contributed by atoms with Crippen molar-refractivity contribution in [2.75, 3.05) is 6.54 Å². The predicted molar refractivity (Wildman–Crippen MR) is 65.0 cm³/mol. The largest absolute Gasteiger partial charge is 0.389 e. The highest BCUT2D eigenvalue weighted by Crippen LogP contribution is 2.15. The fraction of sp³-hybridized carbons (Fsp3) is 0.750. The highest BCUT2D eigenvalue weighted by Gasteiger charge is 2.19. The Hall–Kier alpha value is -0.870. The molecule has 1 unspecified atom stereocenters. The van der Waals surface area contributed by atoms with Crippen LogP contribution < -0.4 is 5.32 Å². The van der Waals surface area contributed by atoms with Crippen molar-refractivity contribution in [3.05, 3.63) is 18.2 Å². The molecule has 1 rings (SSSR count). The lowest BCUT2D eigenvalue weighted by Gasteiger charge is -2.24. The van der Waals surface area contributed by atoms with Crippen LogP contribution in [0.1, 0.15) is 39.3 Å². The molecular formula is C12H23N3O. The van der Waals surface area contributed by atoms with E-state index >= 15 is 0 Å². The summed E-state index contributed by atoms with van der Waals surface area (Å²) in [7, 11) is 0. The molecule has 0 aromatic carbocycles. The Labute approximate surface area is 97.5 Å². The second-order valence-electron chi connectivity index (χ2n) is 5.11. The molecule has 0 aliphatic carbocycles. The van der Waals surface area contributed by atoms with Gasteiger partial charge in [-0.05, 0) is 25.7 Å². The Morgan fingerprint density at radius 1 is 1.56 bits per heavy atom. The first-order valence-corrected chi connectivity index (χ1v) is 5.90. The van der Waals surface area contributed by atoms with E-state index in [0.717, 1.165) is 25.1 Å². The Bertz CT molecular complexity index is 280. The fourth-order valence-corrected chi connectivity index (χ4v) is 1.54. The zero-order chi connectivity index (χ0) is 12.0. The van der Waals surface area contributed by atoms with E-state index in [1.165, 1.54) is 0 Å². The van der Waals surface area contributed by atoms with Gasteiger partial charge in [0.15, 0.2) is 0 Å². The van der Waals surface area contributed by atoms with Gasteiger partial charge in [-0.25, -0.2) is 4.98 Å². The molecule has 0 spiro atoms. The van der Waals surface area contributed by atoms with E-state index in [1.54, 1.807) is 12.5 Å². The van der Waals surface area contributed by atoms with Gasteiger partial charge in [-0.3, -0.25) is 0 Å². The minimum Gasteiger partial charge on any atom is -0.389 e. The Kier molecular flexibility index (Phi) is 4.96. The molecule has 1 atom stereocenters. The minimum atomic E-state index is -0.621. The average molecular weight is 225 g/mol. The van der Waals surface area contributed by atoms with Crippen molar-refractivity contribution in [2.24, 2.45) is 5.92 Å². The van der Waals surface area contributed by atoms with Gasteiger partial charge in [0.25, 0.3) is 0 Å². The maximum atomic E-state index is 10.1. The number of nitrogens with zero attached hydrogens (tertiary/aromatic N) is 1. The summed E-state index contributed by atoms with van der Waals surface area (Å²) in [5, 5.41) is 13.3. The van der Waals surface area contributed by atoms with Gasteiger partial charge in [-0.1, -0.05) is 13.8 Å². The summed E-state index contributed by atoms with van der Waals surface area (Å²) >= 11 is 0. The van der Waals surface area contributed by atoms with E-state index in [-0.39, 0.29) is 0 Å². The van der Waals surface area contributed by atoms with Crippen LogP contribution in [0.5, 0.6) is 0 Å². The third kappa shape index (κ3) is 5.28. The Morgan fingerprint density at radius 2 is 2.31 bits per heavy atom. The molecule has 0 radical (unpaired) electrons. The van der Waals surface area contributed by atoms with Crippen LogP contribution in [-0.2, 0) is 6.54 Å². The number of H-pyrrole nitrogens is 1. The topological polar surface area (TPSA) is 60.9 Å². The first kappa shape index (κ1) is 13.2. The molecule has 3 N–H and O–H groups in total. The Morgan fingerprint density at radius 3 is 2.88 bits per heavy atom. The maximum absolute atomic E-state index is 10.1.